The molecule has 27 heavy (non-hydrogen) atoms. The lowest BCUT2D eigenvalue weighted by atomic mass is 9.57. The molecule has 3 nitrogen and oxygen atoms in total. The summed E-state index contributed by atoms with van der Waals surface area (Å²) in [6, 6.07) is 0. The zero-order valence-corrected chi connectivity index (χ0v) is 21.6. The maximum Gasteiger partial charge on any atom is 0.192 e. The molecule has 158 valence electrons. The van der Waals surface area contributed by atoms with E-state index in [2.05, 4.69) is 67.7 Å². The van der Waals surface area contributed by atoms with E-state index in [-0.39, 0.29) is 27.5 Å². The first-order valence-corrected chi connectivity index (χ1v) is 16.7. The summed E-state index contributed by atoms with van der Waals surface area (Å²) in [5.41, 5.74) is 0.00369. The fraction of sp³-hybridized carbons (Fsp3) is 0.955. The molecule has 3 fully saturated rings. The summed E-state index contributed by atoms with van der Waals surface area (Å²) in [7, 11) is -3.60. The lowest BCUT2D eigenvalue weighted by Crippen LogP contribution is -2.57. The molecule has 0 aromatic rings. The van der Waals surface area contributed by atoms with E-state index in [0.29, 0.717) is 12.2 Å². The van der Waals surface area contributed by atoms with E-state index in [4.69, 9.17) is 8.85 Å². The Kier molecular flexibility index (Phi) is 6.36. The van der Waals surface area contributed by atoms with Crippen molar-refractivity contribution in [3.63, 3.8) is 0 Å². The summed E-state index contributed by atoms with van der Waals surface area (Å²) >= 11 is 0. The predicted octanol–water partition coefficient (Wildman–Crippen LogP) is 6.55. The Hall–Kier alpha value is 0.0238. The monoisotopic (exact) mass is 412 g/mol. The second-order valence-electron chi connectivity index (χ2n) is 12.2. The third kappa shape index (κ3) is 4.79. The van der Waals surface area contributed by atoms with Crippen LogP contribution >= 0.6 is 0 Å². The van der Waals surface area contributed by atoms with Gasteiger partial charge in [-0.15, -0.1) is 0 Å². The second kappa shape index (κ2) is 7.37. The highest BCUT2D eigenvalue weighted by atomic mass is 28.4. The smallest absolute Gasteiger partial charge is 0.192 e. The zero-order valence-electron chi connectivity index (χ0n) is 19.6. The van der Waals surface area contributed by atoms with Gasteiger partial charge in [-0.1, -0.05) is 41.5 Å². The van der Waals surface area contributed by atoms with Gasteiger partial charge in [0, 0.05) is 24.4 Å². The van der Waals surface area contributed by atoms with Crippen molar-refractivity contribution in [2.45, 2.75) is 116 Å². The van der Waals surface area contributed by atoms with Gasteiger partial charge in [0.25, 0.3) is 0 Å². The Balaban J connectivity index is 2.14. The molecule has 0 heterocycles. The van der Waals surface area contributed by atoms with Crippen LogP contribution in [-0.4, -0.2) is 35.1 Å². The van der Waals surface area contributed by atoms with Crippen molar-refractivity contribution in [2.24, 2.45) is 11.3 Å². The first kappa shape index (κ1) is 23.3. The number of fused-ring (bicyclic) bond motifs is 3. The van der Waals surface area contributed by atoms with Crippen LogP contribution in [0.1, 0.15) is 73.6 Å². The van der Waals surface area contributed by atoms with E-state index in [0.717, 1.165) is 32.3 Å². The minimum absolute atomic E-state index is 0.00369. The van der Waals surface area contributed by atoms with E-state index in [1.165, 1.54) is 0 Å². The van der Waals surface area contributed by atoms with Crippen molar-refractivity contribution in [3.05, 3.63) is 0 Å². The lowest BCUT2D eigenvalue weighted by molar-refractivity contribution is -0.145. The van der Waals surface area contributed by atoms with Crippen LogP contribution in [0.4, 0.5) is 0 Å². The lowest BCUT2D eigenvalue weighted by Gasteiger charge is -2.54. The van der Waals surface area contributed by atoms with Crippen LogP contribution in [-0.2, 0) is 13.6 Å². The van der Waals surface area contributed by atoms with Crippen molar-refractivity contribution in [2.75, 3.05) is 6.61 Å². The molecule has 0 aliphatic heterocycles. The average molecular weight is 413 g/mol. The molecule has 0 N–H and O–H groups in total. The van der Waals surface area contributed by atoms with E-state index < -0.39 is 16.6 Å². The number of ketones is 1. The summed E-state index contributed by atoms with van der Waals surface area (Å²) in [6.07, 6.45) is 5.03. The third-order valence-electron chi connectivity index (χ3n) is 8.27. The molecule has 0 aromatic carbocycles. The number of carbonyl (C=O) groups excluding carboxylic acids is 1. The Bertz CT molecular complexity index is 557. The van der Waals surface area contributed by atoms with Crippen LogP contribution in [0.2, 0.25) is 36.3 Å². The van der Waals surface area contributed by atoms with Gasteiger partial charge in [0.15, 0.2) is 16.6 Å². The Morgan fingerprint density at radius 2 is 1.56 bits per heavy atom. The van der Waals surface area contributed by atoms with Gasteiger partial charge in [0.2, 0.25) is 0 Å². The second-order valence-corrected chi connectivity index (χ2v) is 21.8. The van der Waals surface area contributed by atoms with E-state index in [1.54, 1.807) is 0 Å². The van der Waals surface area contributed by atoms with Gasteiger partial charge in [-0.05, 0) is 61.9 Å². The van der Waals surface area contributed by atoms with Crippen LogP contribution in [0.5, 0.6) is 0 Å². The molecule has 0 radical (unpaired) electrons. The van der Waals surface area contributed by atoms with Crippen LogP contribution in [0.15, 0.2) is 0 Å². The van der Waals surface area contributed by atoms with Crippen LogP contribution in [0.25, 0.3) is 0 Å². The molecule has 3 aliphatic rings. The topological polar surface area (TPSA) is 35.5 Å². The van der Waals surface area contributed by atoms with Gasteiger partial charge >= 0.3 is 0 Å². The fourth-order valence-electron chi connectivity index (χ4n) is 4.04. The first-order valence-electron chi connectivity index (χ1n) is 10.9. The van der Waals surface area contributed by atoms with Crippen LogP contribution < -0.4 is 0 Å². The third-order valence-corrected chi connectivity index (χ3v) is 17.3. The number of rotatable bonds is 6. The minimum atomic E-state index is -1.85. The Morgan fingerprint density at radius 1 is 1.00 bits per heavy atom. The molecule has 3 atom stereocenters. The summed E-state index contributed by atoms with van der Waals surface area (Å²) in [5.74, 6) is 0.714. The fourth-order valence-corrected chi connectivity index (χ4v) is 6.50. The Morgan fingerprint density at radius 3 is 2.04 bits per heavy atom. The summed E-state index contributed by atoms with van der Waals surface area (Å²) < 4.78 is 13.4. The molecule has 3 unspecified atom stereocenters. The van der Waals surface area contributed by atoms with Gasteiger partial charge in [0.05, 0.1) is 6.10 Å². The largest absolute Gasteiger partial charge is 0.417 e. The van der Waals surface area contributed by atoms with E-state index in [9.17, 15) is 4.79 Å². The molecule has 0 aromatic heterocycles. The highest BCUT2D eigenvalue weighted by Gasteiger charge is 2.54. The van der Waals surface area contributed by atoms with Crippen molar-refractivity contribution >= 4 is 22.4 Å². The summed E-state index contributed by atoms with van der Waals surface area (Å²) in [5, 5.41) is 0.425. The van der Waals surface area contributed by atoms with Gasteiger partial charge in [-0.2, -0.15) is 0 Å². The van der Waals surface area contributed by atoms with Gasteiger partial charge in [-0.3, -0.25) is 4.79 Å². The van der Waals surface area contributed by atoms with Crippen molar-refractivity contribution in [3.8, 4) is 0 Å². The van der Waals surface area contributed by atoms with Crippen LogP contribution in [0, 0.1) is 11.3 Å². The summed E-state index contributed by atoms with van der Waals surface area (Å²) in [4.78, 5) is 12.6. The standard InChI is InChI=1S/C22H44O3Si2/c1-20(2,3)26(7,8)24-14-13-22-12-11-17(18(23)16-22)15-19(22)25-27(9,10)21(4,5)6/h17,19H,11-16H2,1-10H3. The quantitative estimate of drug-likeness (QED) is 0.464. The zero-order chi connectivity index (χ0) is 20.9. The molecule has 3 aliphatic carbocycles. The van der Waals surface area contributed by atoms with Crippen LogP contribution in [0.3, 0.4) is 0 Å². The first-order chi connectivity index (χ1) is 12.0. The number of Topliss-reactive ketones (excluding diaryl/α,β-unsaturated/α-hetero) is 1. The minimum Gasteiger partial charge on any atom is -0.417 e. The maximum absolute atomic E-state index is 12.6. The van der Waals surface area contributed by atoms with Gasteiger partial charge in [-0.25, -0.2) is 0 Å². The van der Waals surface area contributed by atoms with Crippen molar-refractivity contribution < 1.29 is 13.6 Å². The average Bonchev–Trinajstić information content (AvgIpc) is 2.46. The molecule has 0 saturated heterocycles. The van der Waals surface area contributed by atoms with Crippen molar-refractivity contribution in [1.29, 1.82) is 0 Å². The van der Waals surface area contributed by atoms with Gasteiger partial charge < -0.3 is 8.85 Å². The predicted molar refractivity (Wildman–Crippen MR) is 119 cm³/mol. The Labute approximate surface area is 170 Å². The molecule has 0 amide bonds. The number of hydrogen-bond donors (Lipinski definition) is 0. The maximum atomic E-state index is 12.6. The van der Waals surface area contributed by atoms with E-state index >= 15 is 0 Å². The SMILES string of the molecule is CC(C)(C)[Si](C)(C)OCCC12CCC(CC1O[Si](C)(C)C(C)(C)C)C(=O)C2. The highest BCUT2D eigenvalue weighted by molar-refractivity contribution is 6.74. The molecule has 3 saturated carbocycles. The van der Waals surface area contributed by atoms with Crippen molar-refractivity contribution in [1.82, 2.24) is 0 Å². The highest BCUT2D eigenvalue weighted by Crippen LogP contribution is 2.54. The molecular formula is C22H44O3Si2. The normalized spacial score (nSPS) is 30.1. The summed E-state index contributed by atoms with van der Waals surface area (Å²) in [6.45, 7) is 23.9. The number of hydrogen-bond acceptors (Lipinski definition) is 3. The van der Waals surface area contributed by atoms with Gasteiger partial charge in [0.1, 0.15) is 5.78 Å². The molecule has 5 heteroatoms. The molecule has 3 rings (SSSR count). The molecule has 2 bridgehead atoms. The van der Waals surface area contributed by atoms with E-state index in [1.807, 2.05) is 0 Å². The molecular weight excluding hydrogens is 368 g/mol. The molecule has 0 spiro atoms. The number of carbonyl (C=O) groups is 1.